The van der Waals surface area contributed by atoms with E-state index in [-0.39, 0.29) is 29.2 Å². The van der Waals surface area contributed by atoms with Crippen molar-refractivity contribution in [1.82, 2.24) is 10.2 Å². The van der Waals surface area contributed by atoms with Crippen LogP contribution in [-0.4, -0.2) is 34.9 Å². The number of ether oxygens (including phenoxy) is 1. The number of carbonyl (C=O) groups is 2. The van der Waals surface area contributed by atoms with Crippen LogP contribution in [0.25, 0.3) is 0 Å². The highest BCUT2D eigenvalue weighted by molar-refractivity contribution is 6.00. The number of allylic oxidation sites excluding steroid dienone is 1. The van der Waals surface area contributed by atoms with Crippen molar-refractivity contribution in [2.24, 2.45) is 10.4 Å². The van der Waals surface area contributed by atoms with Crippen molar-refractivity contribution in [2.45, 2.75) is 58.3 Å². The van der Waals surface area contributed by atoms with Crippen LogP contribution >= 0.6 is 0 Å². The summed E-state index contributed by atoms with van der Waals surface area (Å²) in [4.78, 5) is 32.8. The average Bonchev–Trinajstić information content (AvgIpc) is 2.97. The Morgan fingerprint density at radius 1 is 1.11 bits per heavy atom. The number of hydrogen-bond acceptors (Lipinski definition) is 5. The molecule has 2 aliphatic heterocycles. The van der Waals surface area contributed by atoms with Crippen LogP contribution in [0.4, 0.5) is 0 Å². The van der Waals surface area contributed by atoms with E-state index in [9.17, 15) is 9.59 Å². The quantitative estimate of drug-likeness (QED) is 0.702. The van der Waals surface area contributed by atoms with Crippen molar-refractivity contribution in [2.75, 3.05) is 0 Å². The van der Waals surface area contributed by atoms with E-state index in [2.05, 4.69) is 24.2 Å². The molecule has 0 saturated carbocycles. The SMILES string of the molecule is CC(=O)N1C(c2ccc(OCc3ccccc3)cc2)C2=C(CC(C)(C)CC2=O)NC2C=NC=CC21. The Labute approximate surface area is 206 Å². The van der Waals surface area contributed by atoms with E-state index in [1.807, 2.05) is 71.8 Å². The summed E-state index contributed by atoms with van der Waals surface area (Å²) < 4.78 is 5.97. The predicted octanol–water partition coefficient (Wildman–Crippen LogP) is 4.74. The molecule has 0 aromatic heterocycles. The molecule has 3 aliphatic rings. The molecule has 2 aromatic carbocycles. The highest BCUT2D eigenvalue weighted by Crippen LogP contribution is 2.45. The van der Waals surface area contributed by atoms with Gasteiger partial charge in [0.2, 0.25) is 5.91 Å². The summed E-state index contributed by atoms with van der Waals surface area (Å²) in [6.07, 6.45) is 6.70. The van der Waals surface area contributed by atoms with Crippen LogP contribution < -0.4 is 10.1 Å². The standard InChI is InChI=1S/C29H31N3O3/c1-19(33)32-25-13-14-30-17-24(25)31-23-15-29(2,3)16-26(34)27(23)28(32)21-9-11-22(12-10-21)35-18-20-7-5-4-6-8-20/h4-14,17,24-25,28,31H,15-16,18H2,1-3H3. The molecule has 0 saturated heterocycles. The zero-order chi connectivity index (χ0) is 24.6. The molecule has 6 nitrogen and oxygen atoms in total. The van der Waals surface area contributed by atoms with Crippen molar-refractivity contribution in [3.8, 4) is 5.75 Å². The number of Topliss-reactive ketones (excluding diaryl/α,β-unsaturated/α-hetero) is 1. The molecule has 2 aromatic rings. The monoisotopic (exact) mass is 469 g/mol. The normalized spacial score (nSPS) is 24.8. The van der Waals surface area contributed by atoms with Crippen LogP contribution in [-0.2, 0) is 16.2 Å². The number of rotatable bonds is 4. The number of nitrogens with zero attached hydrogens (tertiary/aromatic N) is 2. The summed E-state index contributed by atoms with van der Waals surface area (Å²) in [5, 5.41) is 3.58. The van der Waals surface area contributed by atoms with Gasteiger partial charge in [0.15, 0.2) is 5.78 Å². The zero-order valence-corrected chi connectivity index (χ0v) is 20.4. The first-order chi connectivity index (χ1) is 16.8. The minimum atomic E-state index is -0.479. The molecule has 6 heteroatoms. The lowest BCUT2D eigenvalue weighted by Crippen LogP contribution is -2.51. The highest BCUT2D eigenvalue weighted by atomic mass is 16.5. The molecule has 0 spiro atoms. The minimum absolute atomic E-state index is 0.0810. The maximum atomic E-state index is 13.6. The predicted molar refractivity (Wildman–Crippen MR) is 136 cm³/mol. The lowest BCUT2D eigenvalue weighted by atomic mass is 9.73. The number of fused-ring (bicyclic) bond motifs is 1. The number of ketones is 1. The van der Waals surface area contributed by atoms with Gasteiger partial charge in [0.1, 0.15) is 12.4 Å². The van der Waals surface area contributed by atoms with Crippen molar-refractivity contribution in [1.29, 1.82) is 0 Å². The van der Waals surface area contributed by atoms with Gasteiger partial charge in [-0.2, -0.15) is 0 Å². The van der Waals surface area contributed by atoms with Crippen molar-refractivity contribution in [3.05, 3.63) is 89.3 Å². The maximum Gasteiger partial charge on any atom is 0.220 e. The van der Waals surface area contributed by atoms with Crippen molar-refractivity contribution in [3.63, 3.8) is 0 Å². The fourth-order valence-corrected chi connectivity index (χ4v) is 5.38. The summed E-state index contributed by atoms with van der Waals surface area (Å²) in [5.41, 5.74) is 3.45. The Bertz CT molecular complexity index is 1210. The molecule has 1 aliphatic carbocycles. The third-order valence-electron chi connectivity index (χ3n) is 6.93. The minimum Gasteiger partial charge on any atom is -0.489 e. The molecule has 1 amide bonds. The van der Waals surface area contributed by atoms with E-state index in [0.717, 1.165) is 29.0 Å². The largest absolute Gasteiger partial charge is 0.489 e. The number of amides is 1. The fraction of sp³-hybridized carbons (Fsp3) is 0.345. The van der Waals surface area contributed by atoms with Crippen molar-refractivity contribution >= 4 is 17.9 Å². The average molecular weight is 470 g/mol. The van der Waals surface area contributed by atoms with Gasteiger partial charge in [-0.3, -0.25) is 14.6 Å². The number of carbonyl (C=O) groups excluding carboxylic acids is 2. The molecule has 5 rings (SSSR count). The Hall–Kier alpha value is -3.67. The molecule has 1 N–H and O–H groups in total. The third kappa shape index (κ3) is 4.65. The van der Waals surface area contributed by atoms with Gasteiger partial charge in [-0.25, -0.2) is 0 Å². The van der Waals surface area contributed by atoms with Gasteiger partial charge in [-0.1, -0.05) is 56.3 Å². The summed E-state index contributed by atoms with van der Waals surface area (Å²) in [7, 11) is 0. The van der Waals surface area contributed by atoms with Gasteiger partial charge in [0.05, 0.1) is 18.1 Å². The van der Waals surface area contributed by atoms with Crippen LogP contribution in [0, 0.1) is 5.41 Å². The summed E-state index contributed by atoms with van der Waals surface area (Å²) >= 11 is 0. The van der Waals surface area contributed by atoms with E-state index in [0.29, 0.717) is 18.6 Å². The van der Waals surface area contributed by atoms with Crippen LogP contribution in [0.2, 0.25) is 0 Å². The molecule has 2 heterocycles. The molecular weight excluding hydrogens is 438 g/mol. The first-order valence-electron chi connectivity index (χ1n) is 12.1. The molecule has 3 unspecified atom stereocenters. The Morgan fingerprint density at radius 3 is 2.57 bits per heavy atom. The Kier molecular flexibility index (Phi) is 6.05. The van der Waals surface area contributed by atoms with Crippen LogP contribution in [0.3, 0.4) is 0 Å². The molecular formula is C29H31N3O3. The van der Waals surface area contributed by atoms with Gasteiger partial charge in [-0.05, 0) is 41.2 Å². The summed E-state index contributed by atoms with van der Waals surface area (Å²) in [5.74, 6) is 0.748. The Balaban J connectivity index is 1.53. The van der Waals surface area contributed by atoms with E-state index in [1.54, 1.807) is 13.1 Å². The fourth-order valence-electron chi connectivity index (χ4n) is 5.38. The van der Waals surface area contributed by atoms with Gasteiger partial charge >= 0.3 is 0 Å². The third-order valence-corrected chi connectivity index (χ3v) is 6.93. The van der Waals surface area contributed by atoms with Gasteiger partial charge in [-0.15, -0.1) is 0 Å². The second-order valence-electron chi connectivity index (χ2n) is 10.3. The molecule has 0 bridgehead atoms. The summed E-state index contributed by atoms with van der Waals surface area (Å²) in [6, 6.07) is 16.9. The maximum absolute atomic E-state index is 13.6. The van der Waals surface area contributed by atoms with E-state index in [1.165, 1.54) is 0 Å². The molecule has 0 radical (unpaired) electrons. The first-order valence-corrected chi connectivity index (χ1v) is 12.1. The first kappa shape index (κ1) is 23.1. The number of benzene rings is 2. The van der Waals surface area contributed by atoms with Crippen molar-refractivity contribution < 1.29 is 14.3 Å². The second-order valence-corrected chi connectivity index (χ2v) is 10.3. The number of hydrogen-bond donors (Lipinski definition) is 1. The van der Waals surface area contributed by atoms with Gasteiger partial charge in [0, 0.05) is 37.0 Å². The second kappa shape index (κ2) is 9.17. The van der Waals surface area contributed by atoms with E-state index >= 15 is 0 Å². The number of aliphatic imine (C=N–C) groups is 1. The topological polar surface area (TPSA) is 71.0 Å². The molecule has 35 heavy (non-hydrogen) atoms. The molecule has 180 valence electrons. The summed E-state index contributed by atoms with van der Waals surface area (Å²) in [6.45, 7) is 6.28. The van der Waals surface area contributed by atoms with E-state index in [4.69, 9.17) is 4.74 Å². The Morgan fingerprint density at radius 2 is 1.86 bits per heavy atom. The molecule has 3 atom stereocenters. The highest BCUT2D eigenvalue weighted by Gasteiger charge is 2.45. The van der Waals surface area contributed by atoms with Gasteiger partial charge < -0.3 is 15.0 Å². The van der Waals surface area contributed by atoms with Gasteiger partial charge in [0.25, 0.3) is 0 Å². The molecule has 0 fully saturated rings. The lowest BCUT2D eigenvalue weighted by Gasteiger charge is -2.39. The smallest absolute Gasteiger partial charge is 0.220 e. The van der Waals surface area contributed by atoms with Crippen LogP contribution in [0.5, 0.6) is 5.75 Å². The number of nitrogens with one attached hydrogen (secondary N) is 1. The van der Waals surface area contributed by atoms with Crippen LogP contribution in [0.15, 0.2) is 83.1 Å². The zero-order valence-electron chi connectivity index (χ0n) is 20.4. The van der Waals surface area contributed by atoms with Crippen LogP contribution in [0.1, 0.15) is 50.8 Å². The van der Waals surface area contributed by atoms with E-state index < -0.39 is 6.04 Å². The lowest BCUT2D eigenvalue weighted by molar-refractivity contribution is -0.132.